The minimum Gasteiger partial charge on any atom is -0.329 e. The minimum atomic E-state index is 0.506. The maximum absolute atomic E-state index is 8.70. The van der Waals surface area contributed by atoms with Crippen molar-refractivity contribution < 1.29 is 0 Å². The summed E-state index contributed by atoms with van der Waals surface area (Å²) in [7, 11) is 1.95. The van der Waals surface area contributed by atoms with Crippen LogP contribution in [0, 0.1) is 32.2 Å². The largest absolute Gasteiger partial charge is 0.329 e. The van der Waals surface area contributed by atoms with Crippen molar-refractivity contribution in [2.45, 2.75) is 20.8 Å². The second-order valence-corrected chi connectivity index (χ2v) is 4.74. The van der Waals surface area contributed by atoms with E-state index in [0.29, 0.717) is 11.6 Å². The van der Waals surface area contributed by atoms with Crippen LogP contribution in [0.25, 0.3) is 0 Å². The molecule has 0 saturated carbocycles. The Labute approximate surface area is 118 Å². The molecule has 0 atom stereocenters. The lowest BCUT2D eigenvalue weighted by Gasteiger charge is -2.21. The molecule has 0 amide bonds. The maximum Gasteiger partial charge on any atom is 0.182 e. The molecule has 1 aromatic carbocycles. The summed E-state index contributed by atoms with van der Waals surface area (Å²) in [6.45, 7) is 5.95. The summed E-state index contributed by atoms with van der Waals surface area (Å²) >= 11 is 0. The molecule has 0 spiro atoms. The number of anilines is 3. The number of nitriles is 1. The van der Waals surface area contributed by atoms with Crippen LogP contribution < -0.4 is 10.2 Å². The number of benzene rings is 1. The van der Waals surface area contributed by atoms with Gasteiger partial charge in [-0.25, -0.2) is 9.97 Å². The zero-order chi connectivity index (χ0) is 14.7. The van der Waals surface area contributed by atoms with E-state index in [1.807, 2.05) is 25.1 Å². The number of aromatic nitrogens is 2. The van der Waals surface area contributed by atoms with Crippen LogP contribution in [-0.4, -0.2) is 17.0 Å². The molecule has 1 aromatic heterocycles. The summed E-state index contributed by atoms with van der Waals surface area (Å²) in [5, 5.41) is 11.2. The first kappa shape index (κ1) is 13.8. The van der Waals surface area contributed by atoms with Gasteiger partial charge < -0.3 is 4.90 Å². The highest BCUT2D eigenvalue weighted by Gasteiger charge is 2.10. The van der Waals surface area contributed by atoms with Crippen molar-refractivity contribution in [3.8, 4) is 6.19 Å². The zero-order valence-corrected chi connectivity index (χ0v) is 12.1. The Morgan fingerprint density at radius 3 is 2.55 bits per heavy atom. The Morgan fingerprint density at radius 2 is 1.90 bits per heavy atom. The van der Waals surface area contributed by atoms with E-state index in [2.05, 4.69) is 47.3 Å². The van der Waals surface area contributed by atoms with E-state index in [0.717, 1.165) is 11.5 Å². The van der Waals surface area contributed by atoms with Crippen LogP contribution in [0.3, 0.4) is 0 Å². The number of hydrogen-bond donors (Lipinski definition) is 1. The quantitative estimate of drug-likeness (QED) is 0.684. The molecular formula is C15H17N5. The van der Waals surface area contributed by atoms with Crippen LogP contribution in [0.5, 0.6) is 0 Å². The lowest BCUT2D eigenvalue weighted by Crippen LogP contribution is -2.14. The number of hydrogen-bond acceptors (Lipinski definition) is 5. The molecule has 0 unspecified atom stereocenters. The normalized spacial score (nSPS) is 9.95. The van der Waals surface area contributed by atoms with Crippen molar-refractivity contribution in [2.75, 3.05) is 17.3 Å². The predicted octanol–water partition coefficient (Wildman–Crippen LogP) is 3.06. The van der Waals surface area contributed by atoms with Gasteiger partial charge >= 0.3 is 0 Å². The van der Waals surface area contributed by atoms with Crippen LogP contribution in [0.15, 0.2) is 24.3 Å². The number of nitrogens with one attached hydrogen (secondary N) is 1. The molecule has 0 bridgehead atoms. The first-order chi connectivity index (χ1) is 9.51. The molecule has 0 aliphatic carbocycles. The van der Waals surface area contributed by atoms with Crippen LogP contribution in [-0.2, 0) is 0 Å². The van der Waals surface area contributed by atoms with Gasteiger partial charge in [-0.1, -0.05) is 17.7 Å². The van der Waals surface area contributed by atoms with E-state index < -0.39 is 0 Å². The molecule has 5 heteroatoms. The topological polar surface area (TPSA) is 64.8 Å². The average Bonchev–Trinajstić information content (AvgIpc) is 2.37. The summed E-state index contributed by atoms with van der Waals surface area (Å²) < 4.78 is 0. The summed E-state index contributed by atoms with van der Waals surface area (Å²) in [6.07, 6.45) is 1.88. The monoisotopic (exact) mass is 267 g/mol. The molecular weight excluding hydrogens is 250 g/mol. The molecule has 0 saturated heterocycles. The second kappa shape index (κ2) is 5.57. The summed E-state index contributed by atoms with van der Waals surface area (Å²) in [5.41, 5.74) is 3.49. The molecule has 2 rings (SSSR count). The third-order valence-electron chi connectivity index (χ3n) is 3.07. The molecule has 1 heterocycles. The molecule has 1 N–H and O–H groups in total. The van der Waals surface area contributed by atoms with Crippen molar-refractivity contribution in [1.82, 2.24) is 9.97 Å². The average molecular weight is 267 g/mol. The van der Waals surface area contributed by atoms with E-state index in [1.165, 1.54) is 11.1 Å². The minimum absolute atomic E-state index is 0.506. The Kier molecular flexibility index (Phi) is 3.85. The molecule has 2 aromatic rings. The highest BCUT2D eigenvalue weighted by atomic mass is 15.2. The molecule has 20 heavy (non-hydrogen) atoms. The molecule has 5 nitrogen and oxygen atoms in total. The van der Waals surface area contributed by atoms with Gasteiger partial charge in [-0.3, -0.25) is 5.32 Å². The Bertz CT molecular complexity index is 672. The summed E-state index contributed by atoms with van der Waals surface area (Å²) in [4.78, 5) is 10.6. The van der Waals surface area contributed by atoms with Gasteiger partial charge in [0.25, 0.3) is 0 Å². The van der Waals surface area contributed by atoms with Crippen LogP contribution in [0.1, 0.15) is 17.0 Å². The summed E-state index contributed by atoms with van der Waals surface area (Å²) in [5.74, 6) is 1.88. The Balaban J connectivity index is 2.42. The van der Waals surface area contributed by atoms with Gasteiger partial charge in [0.1, 0.15) is 17.5 Å². The van der Waals surface area contributed by atoms with Crippen LogP contribution in [0.2, 0.25) is 0 Å². The Hall–Kier alpha value is -2.61. The van der Waals surface area contributed by atoms with Gasteiger partial charge in [-0.2, -0.15) is 5.26 Å². The van der Waals surface area contributed by atoms with E-state index in [9.17, 15) is 0 Å². The molecule has 102 valence electrons. The smallest absolute Gasteiger partial charge is 0.182 e. The molecule has 0 radical (unpaired) electrons. The van der Waals surface area contributed by atoms with Crippen LogP contribution in [0.4, 0.5) is 17.3 Å². The van der Waals surface area contributed by atoms with Crippen molar-refractivity contribution in [3.63, 3.8) is 0 Å². The zero-order valence-electron chi connectivity index (χ0n) is 12.1. The van der Waals surface area contributed by atoms with E-state index in [1.54, 1.807) is 6.07 Å². The third kappa shape index (κ3) is 2.86. The van der Waals surface area contributed by atoms with Gasteiger partial charge in [0, 0.05) is 18.8 Å². The fraction of sp³-hybridized carbons (Fsp3) is 0.267. The lowest BCUT2D eigenvalue weighted by molar-refractivity contribution is 1.01. The van der Waals surface area contributed by atoms with Crippen molar-refractivity contribution >= 4 is 17.3 Å². The highest BCUT2D eigenvalue weighted by Crippen LogP contribution is 2.27. The first-order valence-electron chi connectivity index (χ1n) is 6.33. The fourth-order valence-electron chi connectivity index (χ4n) is 2.15. The first-order valence-corrected chi connectivity index (χ1v) is 6.33. The number of aryl methyl sites for hydroxylation is 3. The Morgan fingerprint density at radius 1 is 1.15 bits per heavy atom. The van der Waals surface area contributed by atoms with Gasteiger partial charge in [0.05, 0.1) is 0 Å². The molecule has 0 fully saturated rings. The van der Waals surface area contributed by atoms with E-state index in [-0.39, 0.29) is 0 Å². The van der Waals surface area contributed by atoms with Crippen molar-refractivity contribution in [3.05, 3.63) is 41.2 Å². The van der Waals surface area contributed by atoms with Crippen molar-refractivity contribution in [1.29, 1.82) is 5.26 Å². The molecule has 0 aliphatic rings. The van der Waals surface area contributed by atoms with Gasteiger partial charge in [0.15, 0.2) is 6.19 Å². The van der Waals surface area contributed by atoms with Crippen molar-refractivity contribution in [2.24, 2.45) is 0 Å². The lowest BCUT2D eigenvalue weighted by atomic mass is 10.1. The highest BCUT2D eigenvalue weighted by molar-refractivity contribution is 5.65. The second-order valence-electron chi connectivity index (χ2n) is 4.74. The summed E-state index contributed by atoms with van der Waals surface area (Å²) in [6, 6.07) is 8.03. The number of nitrogens with zero attached hydrogens (tertiary/aromatic N) is 4. The maximum atomic E-state index is 8.70. The standard InChI is InChI=1S/C15H17N5/c1-10-5-6-13(11(2)7-10)20(4)15-8-14(17-9-16)18-12(3)19-15/h5-8H,1-4H3,(H,17,18,19). The van der Waals surface area contributed by atoms with E-state index in [4.69, 9.17) is 5.26 Å². The van der Waals surface area contributed by atoms with Gasteiger partial charge in [0.2, 0.25) is 0 Å². The fourth-order valence-corrected chi connectivity index (χ4v) is 2.15. The third-order valence-corrected chi connectivity index (χ3v) is 3.07. The van der Waals surface area contributed by atoms with Crippen LogP contribution >= 0.6 is 0 Å². The number of rotatable bonds is 3. The van der Waals surface area contributed by atoms with E-state index >= 15 is 0 Å². The van der Waals surface area contributed by atoms with Gasteiger partial charge in [-0.15, -0.1) is 0 Å². The SMILES string of the molecule is Cc1ccc(N(C)c2cc(NC#N)nc(C)n2)c(C)c1. The van der Waals surface area contributed by atoms with Gasteiger partial charge in [-0.05, 0) is 32.4 Å². The molecule has 0 aliphatic heterocycles. The predicted molar refractivity (Wildman–Crippen MR) is 80.0 cm³/mol.